The summed E-state index contributed by atoms with van der Waals surface area (Å²) in [4.78, 5) is 0. The van der Waals surface area contributed by atoms with Crippen molar-refractivity contribution in [1.82, 2.24) is 5.32 Å². The predicted molar refractivity (Wildman–Crippen MR) is 84.0 cm³/mol. The first kappa shape index (κ1) is 15.1. The van der Waals surface area contributed by atoms with Crippen molar-refractivity contribution >= 4 is 0 Å². The molecule has 0 fully saturated rings. The van der Waals surface area contributed by atoms with E-state index in [-0.39, 0.29) is 6.04 Å². The normalized spacial score (nSPS) is 11.6. The zero-order valence-electron chi connectivity index (χ0n) is 12.0. The Morgan fingerprint density at radius 1 is 1.00 bits per heavy atom. The van der Waals surface area contributed by atoms with Gasteiger partial charge in [-0.25, -0.2) is 0 Å². The Bertz CT molecular complexity index is 548. The zero-order chi connectivity index (χ0) is 14.8. The molecule has 21 heavy (non-hydrogen) atoms. The predicted octanol–water partition coefficient (Wildman–Crippen LogP) is 3.70. The van der Waals surface area contributed by atoms with Crippen LogP contribution in [-0.2, 0) is 0 Å². The highest BCUT2D eigenvalue weighted by Crippen LogP contribution is 2.15. The number of benzene rings is 2. The number of hydrogen-bond donors (Lipinski definition) is 1. The van der Waals surface area contributed by atoms with E-state index in [1.54, 1.807) is 0 Å². The average Bonchev–Trinajstić information content (AvgIpc) is 2.55. The Hall–Kier alpha value is -2.31. The molecule has 0 aromatic heterocycles. The highest BCUT2D eigenvalue weighted by molar-refractivity contribution is 5.21. The van der Waals surface area contributed by atoms with Crippen molar-refractivity contribution in [3.63, 3.8) is 0 Å². The third kappa shape index (κ3) is 5.29. The molecule has 3 nitrogen and oxygen atoms in total. The van der Waals surface area contributed by atoms with Crippen LogP contribution in [0.2, 0.25) is 0 Å². The van der Waals surface area contributed by atoms with Crippen LogP contribution in [0.1, 0.15) is 24.4 Å². The number of nitrogens with one attached hydrogen (secondary N) is 1. The van der Waals surface area contributed by atoms with Crippen molar-refractivity contribution in [2.24, 2.45) is 0 Å². The summed E-state index contributed by atoms with van der Waals surface area (Å²) in [5.41, 5.74) is 1.16. The van der Waals surface area contributed by atoms with Crippen molar-refractivity contribution in [3.05, 3.63) is 66.2 Å². The third-order valence-corrected chi connectivity index (χ3v) is 3.22. The van der Waals surface area contributed by atoms with Gasteiger partial charge in [0, 0.05) is 6.04 Å². The molecule has 2 aromatic rings. The van der Waals surface area contributed by atoms with Crippen LogP contribution in [0.4, 0.5) is 0 Å². The van der Waals surface area contributed by atoms with Gasteiger partial charge in [0.1, 0.15) is 5.75 Å². The van der Waals surface area contributed by atoms with Crippen LogP contribution in [0.5, 0.6) is 5.75 Å². The Morgan fingerprint density at radius 2 is 1.67 bits per heavy atom. The van der Waals surface area contributed by atoms with Gasteiger partial charge in [0.15, 0.2) is 0 Å². The summed E-state index contributed by atoms with van der Waals surface area (Å²) < 4.78 is 5.65. The summed E-state index contributed by atoms with van der Waals surface area (Å²) in [7, 11) is 0. The van der Waals surface area contributed by atoms with E-state index in [4.69, 9.17) is 10.00 Å². The molecule has 3 heteroatoms. The fourth-order valence-electron chi connectivity index (χ4n) is 2.14. The second-order valence-corrected chi connectivity index (χ2v) is 4.79. The Kier molecular flexibility index (Phi) is 6.31. The lowest BCUT2D eigenvalue weighted by Crippen LogP contribution is -2.23. The van der Waals surface area contributed by atoms with Crippen LogP contribution in [0.15, 0.2) is 60.7 Å². The number of hydrogen-bond acceptors (Lipinski definition) is 3. The van der Waals surface area contributed by atoms with Crippen molar-refractivity contribution in [2.45, 2.75) is 18.9 Å². The van der Waals surface area contributed by atoms with Gasteiger partial charge in [-0.1, -0.05) is 48.5 Å². The first-order valence-electron chi connectivity index (χ1n) is 7.23. The van der Waals surface area contributed by atoms with Gasteiger partial charge in [-0.05, 0) is 30.7 Å². The molecule has 0 aliphatic heterocycles. The molecular weight excluding hydrogens is 260 g/mol. The van der Waals surface area contributed by atoms with Crippen LogP contribution in [-0.4, -0.2) is 13.2 Å². The maximum atomic E-state index is 8.93. The summed E-state index contributed by atoms with van der Waals surface area (Å²) in [6.07, 6.45) is 1.38. The van der Waals surface area contributed by atoms with Gasteiger partial charge in [0.05, 0.1) is 19.1 Å². The maximum absolute atomic E-state index is 8.93. The molecule has 0 amide bonds. The highest BCUT2D eigenvalue weighted by Gasteiger charge is 2.09. The lowest BCUT2D eigenvalue weighted by molar-refractivity contribution is 0.305. The van der Waals surface area contributed by atoms with Crippen LogP contribution >= 0.6 is 0 Å². The van der Waals surface area contributed by atoms with Crippen LogP contribution in [0.3, 0.4) is 0 Å². The minimum absolute atomic E-state index is 0.0907. The molecule has 1 atom stereocenters. The summed E-state index contributed by atoms with van der Waals surface area (Å²) in [6, 6.07) is 22.2. The van der Waals surface area contributed by atoms with E-state index in [9.17, 15) is 0 Å². The molecule has 0 radical (unpaired) electrons. The van der Waals surface area contributed by atoms with Gasteiger partial charge in [0.25, 0.3) is 0 Å². The minimum atomic E-state index is 0.0907. The number of para-hydroxylation sites is 1. The van der Waals surface area contributed by atoms with E-state index in [0.29, 0.717) is 13.0 Å². The van der Waals surface area contributed by atoms with Gasteiger partial charge in [-0.2, -0.15) is 5.26 Å². The van der Waals surface area contributed by atoms with Crippen LogP contribution in [0.25, 0.3) is 0 Å². The quantitative estimate of drug-likeness (QED) is 0.750. The fraction of sp³-hybridized carbons (Fsp3) is 0.278. The van der Waals surface area contributed by atoms with E-state index in [1.807, 2.05) is 48.5 Å². The Morgan fingerprint density at radius 3 is 2.33 bits per heavy atom. The van der Waals surface area contributed by atoms with Gasteiger partial charge < -0.3 is 10.1 Å². The number of nitriles is 1. The summed E-state index contributed by atoms with van der Waals surface area (Å²) in [5.74, 6) is 0.897. The molecule has 0 saturated carbocycles. The minimum Gasteiger partial charge on any atom is -0.494 e. The molecule has 0 bridgehead atoms. The molecule has 1 unspecified atom stereocenters. The SMILES string of the molecule is N#CCC(NCCCOc1ccccc1)c1ccccc1. The van der Waals surface area contributed by atoms with E-state index in [2.05, 4.69) is 23.5 Å². The van der Waals surface area contributed by atoms with E-state index in [1.165, 1.54) is 0 Å². The first-order valence-corrected chi connectivity index (χ1v) is 7.23. The smallest absolute Gasteiger partial charge is 0.119 e. The van der Waals surface area contributed by atoms with Crippen LogP contribution < -0.4 is 10.1 Å². The Balaban J connectivity index is 1.72. The molecule has 0 heterocycles. The van der Waals surface area contributed by atoms with Gasteiger partial charge in [-0.15, -0.1) is 0 Å². The van der Waals surface area contributed by atoms with Gasteiger partial charge >= 0.3 is 0 Å². The van der Waals surface area contributed by atoms with E-state index in [0.717, 1.165) is 24.3 Å². The van der Waals surface area contributed by atoms with E-state index >= 15 is 0 Å². The Labute approximate surface area is 126 Å². The standard InChI is InChI=1S/C18H20N2O/c19-13-12-18(16-8-3-1-4-9-16)20-14-7-15-21-17-10-5-2-6-11-17/h1-6,8-11,18,20H,7,12,14-15H2. The molecule has 2 rings (SSSR count). The second-order valence-electron chi connectivity index (χ2n) is 4.79. The maximum Gasteiger partial charge on any atom is 0.119 e. The summed E-state index contributed by atoms with van der Waals surface area (Å²) >= 11 is 0. The topological polar surface area (TPSA) is 45.0 Å². The average molecular weight is 280 g/mol. The number of rotatable bonds is 8. The fourth-order valence-corrected chi connectivity index (χ4v) is 2.14. The second kappa shape index (κ2) is 8.78. The van der Waals surface area contributed by atoms with Crippen molar-refractivity contribution in [1.29, 1.82) is 5.26 Å². The third-order valence-electron chi connectivity index (χ3n) is 3.22. The molecule has 0 saturated heterocycles. The summed E-state index contributed by atoms with van der Waals surface area (Å²) in [6.45, 7) is 1.50. The lowest BCUT2D eigenvalue weighted by atomic mass is 10.0. The number of ether oxygens (including phenoxy) is 1. The van der Waals surface area contributed by atoms with Crippen LogP contribution in [0, 0.1) is 11.3 Å². The monoisotopic (exact) mass is 280 g/mol. The summed E-state index contributed by atoms with van der Waals surface area (Å²) in [5, 5.41) is 12.4. The lowest BCUT2D eigenvalue weighted by Gasteiger charge is -2.16. The first-order chi connectivity index (χ1) is 10.4. The molecule has 0 aliphatic rings. The largest absolute Gasteiger partial charge is 0.494 e. The van der Waals surface area contributed by atoms with Gasteiger partial charge in [-0.3, -0.25) is 0 Å². The molecule has 108 valence electrons. The number of nitrogens with zero attached hydrogens (tertiary/aromatic N) is 1. The molecule has 1 N–H and O–H groups in total. The van der Waals surface area contributed by atoms with Crippen molar-refractivity contribution in [2.75, 3.05) is 13.2 Å². The van der Waals surface area contributed by atoms with E-state index < -0.39 is 0 Å². The van der Waals surface area contributed by atoms with Crippen molar-refractivity contribution in [3.8, 4) is 11.8 Å². The molecule has 2 aromatic carbocycles. The molecule has 0 spiro atoms. The zero-order valence-corrected chi connectivity index (χ0v) is 12.0. The van der Waals surface area contributed by atoms with Crippen molar-refractivity contribution < 1.29 is 4.74 Å². The molecule has 0 aliphatic carbocycles. The van der Waals surface area contributed by atoms with Gasteiger partial charge in [0.2, 0.25) is 0 Å². The molecular formula is C18H20N2O. The highest BCUT2D eigenvalue weighted by atomic mass is 16.5.